The third kappa shape index (κ3) is 5.65. The van der Waals surface area contributed by atoms with Crippen molar-refractivity contribution in [3.8, 4) is 6.07 Å². The molecule has 0 aromatic heterocycles. The van der Waals surface area contributed by atoms with Crippen molar-refractivity contribution in [3.63, 3.8) is 0 Å². The van der Waals surface area contributed by atoms with Gasteiger partial charge in [0.15, 0.2) is 0 Å². The highest BCUT2D eigenvalue weighted by Crippen LogP contribution is 2.21. The van der Waals surface area contributed by atoms with Crippen LogP contribution in [0.3, 0.4) is 0 Å². The monoisotopic (exact) mass is 363 g/mol. The number of nitrogens with one attached hydrogen (secondary N) is 1. The van der Waals surface area contributed by atoms with Gasteiger partial charge in [-0.3, -0.25) is 9.69 Å². The number of nitriles is 1. The minimum atomic E-state index is -0.0880. The second-order valence-electron chi connectivity index (χ2n) is 6.72. The number of carbonyl (C=O) groups excluding carboxylic acids is 1. The van der Waals surface area contributed by atoms with Crippen molar-refractivity contribution in [2.75, 3.05) is 32.8 Å². The molecule has 3 rings (SSSR count). The number of hydrogen-bond acceptors (Lipinski definition) is 4. The van der Waals surface area contributed by atoms with Gasteiger partial charge in [-0.25, -0.2) is 0 Å². The molecule has 5 heteroatoms. The van der Waals surface area contributed by atoms with Crippen molar-refractivity contribution in [1.82, 2.24) is 10.2 Å². The largest absolute Gasteiger partial charge is 0.371 e. The lowest BCUT2D eigenvalue weighted by Gasteiger charge is -2.33. The van der Waals surface area contributed by atoms with E-state index >= 15 is 0 Å². The minimum Gasteiger partial charge on any atom is -0.371 e. The molecule has 1 aliphatic rings. The van der Waals surface area contributed by atoms with E-state index in [2.05, 4.69) is 28.4 Å². The van der Waals surface area contributed by atoms with Crippen LogP contribution in [-0.4, -0.2) is 43.6 Å². The molecule has 2 aromatic carbocycles. The fraction of sp³-hybridized carbons (Fsp3) is 0.364. The highest BCUT2D eigenvalue weighted by Gasteiger charge is 2.21. The van der Waals surface area contributed by atoms with Crippen LogP contribution >= 0.6 is 0 Å². The number of hydrogen-bond donors (Lipinski definition) is 1. The number of ether oxygens (including phenoxy) is 1. The van der Waals surface area contributed by atoms with Crippen LogP contribution in [0, 0.1) is 11.3 Å². The van der Waals surface area contributed by atoms with Gasteiger partial charge in [-0.05, 0) is 49.2 Å². The van der Waals surface area contributed by atoms with E-state index < -0.39 is 0 Å². The first-order valence-electron chi connectivity index (χ1n) is 9.43. The SMILES string of the molecule is N#Cc1ccc(C(=O)NCCCCN2CCOC(c3ccccc3)C2)cc1. The van der Waals surface area contributed by atoms with Gasteiger partial charge in [0.2, 0.25) is 0 Å². The molecule has 1 unspecified atom stereocenters. The lowest BCUT2D eigenvalue weighted by atomic mass is 10.1. The van der Waals surface area contributed by atoms with Crippen LogP contribution in [0.1, 0.15) is 40.4 Å². The second-order valence-corrected chi connectivity index (χ2v) is 6.72. The summed E-state index contributed by atoms with van der Waals surface area (Å²) in [6.45, 7) is 4.31. The molecular formula is C22H25N3O2. The lowest BCUT2D eigenvalue weighted by molar-refractivity contribution is -0.0303. The fourth-order valence-electron chi connectivity index (χ4n) is 3.24. The third-order valence-electron chi connectivity index (χ3n) is 4.78. The highest BCUT2D eigenvalue weighted by molar-refractivity contribution is 5.94. The summed E-state index contributed by atoms with van der Waals surface area (Å²) in [5.74, 6) is -0.0880. The number of rotatable bonds is 7. The van der Waals surface area contributed by atoms with E-state index in [9.17, 15) is 4.79 Å². The zero-order chi connectivity index (χ0) is 18.9. The van der Waals surface area contributed by atoms with Crippen LogP contribution in [0.5, 0.6) is 0 Å². The normalized spacial score (nSPS) is 17.2. The first kappa shape index (κ1) is 19.1. The molecule has 1 aliphatic heterocycles. The van der Waals surface area contributed by atoms with Gasteiger partial charge in [0, 0.05) is 25.2 Å². The Kier molecular flexibility index (Phi) is 6.97. The zero-order valence-electron chi connectivity index (χ0n) is 15.4. The number of amides is 1. The molecule has 140 valence electrons. The number of nitrogens with zero attached hydrogens (tertiary/aromatic N) is 2. The summed E-state index contributed by atoms with van der Waals surface area (Å²) in [4.78, 5) is 14.5. The van der Waals surface area contributed by atoms with E-state index in [-0.39, 0.29) is 12.0 Å². The first-order valence-corrected chi connectivity index (χ1v) is 9.43. The van der Waals surface area contributed by atoms with Gasteiger partial charge in [-0.1, -0.05) is 30.3 Å². The predicted molar refractivity (Wildman–Crippen MR) is 104 cm³/mol. The standard InChI is InChI=1S/C22H25N3O2/c23-16-18-8-10-20(11-9-18)22(26)24-12-4-5-13-25-14-15-27-21(17-25)19-6-2-1-3-7-19/h1-3,6-11,21H,4-5,12-15,17H2,(H,24,26). The van der Waals surface area contributed by atoms with Crippen molar-refractivity contribution in [2.45, 2.75) is 18.9 Å². The Balaban J connectivity index is 1.35. The Bertz CT molecular complexity index is 768. The van der Waals surface area contributed by atoms with Crippen LogP contribution < -0.4 is 5.32 Å². The number of carbonyl (C=O) groups is 1. The molecule has 1 fully saturated rings. The van der Waals surface area contributed by atoms with E-state index in [1.54, 1.807) is 24.3 Å². The average molecular weight is 363 g/mol. The lowest BCUT2D eigenvalue weighted by Crippen LogP contribution is -2.39. The van der Waals surface area contributed by atoms with Crippen LogP contribution in [0.25, 0.3) is 0 Å². The maximum atomic E-state index is 12.1. The van der Waals surface area contributed by atoms with Gasteiger partial charge in [0.1, 0.15) is 0 Å². The van der Waals surface area contributed by atoms with Crippen molar-refractivity contribution >= 4 is 5.91 Å². The van der Waals surface area contributed by atoms with Crippen molar-refractivity contribution in [1.29, 1.82) is 5.26 Å². The molecule has 0 aliphatic carbocycles. The van der Waals surface area contributed by atoms with Gasteiger partial charge in [-0.2, -0.15) is 5.26 Å². The average Bonchev–Trinajstić information content (AvgIpc) is 2.74. The third-order valence-corrected chi connectivity index (χ3v) is 4.78. The van der Waals surface area contributed by atoms with Gasteiger partial charge < -0.3 is 10.1 Å². The number of morpholine rings is 1. The van der Waals surface area contributed by atoms with E-state index in [0.717, 1.165) is 39.1 Å². The molecule has 27 heavy (non-hydrogen) atoms. The van der Waals surface area contributed by atoms with Gasteiger partial charge in [0.25, 0.3) is 5.91 Å². The molecule has 1 atom stereocenters. The summed E-state index contributed by atoms with van der Waals surface area (Å²) < 4.78 is 5.90. The maximum Gasteiger partial charge on any atom is 0.251 e. The smallest absolute Gasteiger partial charge is 0.251 e. The molecule has 2 aromatic rings. The summed E-state index contributed by atoms with van der Waals surface area (Å²) in [5.41, 5.74) is 2.38. The molecule has 0 spiro atoms. The number of unbranched alkanes of at least 4 members (excludes halogenated alkanes) is 1. The second kappa shape index (κ2) is 9.86. The fourth-order valence-corrected chi connectivity index (χ4v) is 3.24. The molecule has 1 amide bonds. The molecule has 1 saturated heterocycles. The van der Waals surface area contributed by atoms with E-state index in [1.807, 2.05) is 18.2 Å². The number of benzene rings is 2. The van der Waals surface area contributed by atoms with E-state index in [0.29, 0.717) is 17.7 Å². The van der Waals surface area contributed by atoms with Crippen LogP contribution in [0.15, 0.2) is 54.6 Å². The minimum absolute atomic E-state index is 0.0880. The van der Waals surface area contributed by atoms with E-state index in [4.69, 9.17) is 10.00 Å². The Morgan fingerprint density at radius 2 is 1.93 bits per heavy atom. The maximum absolute atomic E-state index is 12.1. The highest BCUT2D eigenvalue weighted by atomic mass is 16.5. The van der Waals surface area contributed by atoms with Crippen LogP contribution in [-0.2, 0) is 4.74 Å². The molecule has 0 saturated carbocycles. The van der Waals surface area contributed by atoms with Gasteiger partial charge in [-0.15, -0.1) is 0 Å². The molecular weight excluding hydrogens is 338 g/mol. The van der Waals surface area contributed by atoms with Gasteiger partial charge in [0.05, 0.1) is 24.3 Å². The molecule has 1 N–H and O–H groups in total. The molecule has 0 radical (unpaired) electrons. The van der Waals surface area contributed by atoms with Gasteiger partial charge >= 0.3 is 0 Å². The summed E-state index contributed by atoms with van der Waals surface area (Å²) in [5, 5.41) is 11.7. The first-order chi connectivity index (χ1) is 13.3. The topological polar surface area (TPSA) is 65.4 Å². The van der Waals surface area contributed by atoms with Crippen molar-refractivity contribution in [2.24, 2.45) is 0 Å². The van der Waals surface area contributed by atoms with Crippen molar-refractivity contribution in [3.05, 3.63) is 71.3 Å². The Morgan fingerprint density at radius 3 is 2.67 bits per heavy atom. The zero-order valence-corrected chi connectivity index (χ0v) is 15.4. The summed E-state index contributed by atoms with van der Waals surface area (Å²) in [6, 6.07) is 19.1. The van der Waals surface area contributed by atoms with Crippen molar-refractivity contribution < 1.29 is 9.53 Å². The van der Waals surface area contributed by atoms with Crippen LogP contribution in [0.4, 0.5) is 0 Å². The molecule has 0 bridgehead atoms. The Labute approximate surface area is 160 Å². The summed E-state index contributed by atoms with van der Waals surface area (Å²) in [7, 11) is 0. The Hall–Kier alpha value is -2.68. The summed E-state index contributed by atoms with van der Waals surface area (Å²) in [6.07, 6.45) is 2.13. The molecule has 5 nitrogen and oxygen atoms in total. The molecule has 1 heterocycles. The predicted octanol–water partition coefficient (Wildman–Crippen LogP) is 3.14. The quantitative estimate of drug-likeness (QED) is 0.768. The summed E-state index contributed by atoms with van der Waals surface area (Å²) >= 11 is 0. The Morgan fingerprint density at radius 1 is 1.15 bits per heavy atom. The van der Waals surface area contributed by atoms with E-state index in [1.165, 1.54) is 5.56 Å². The van der Waals surface area contributed by atoms with Crippen LogP contribution in [0.2, 0.25) is 0 Å².